The molecule has 0 aromatic rings. The summed E-state index contributed by atoms with van der Waals surface area (Å²) in [6.07, 6.45) is 2.37. The largest absolute Gasteiger partial charge is 0.481 e. The number of hydrogen-bond donors (Lipinski definition) is 3. The van der Waals surface area contributed by atoms with Crippen molar-refractivity contribution >= 4 is 11.9 Å². The van der Waals surface area contributed by atoms with E-state index in [1.165, 1.54) is 0 Å². The molecule has 102 valence electrons. The zero-order chi connectivity index (χ0) is 13.0. The first-order chi connectivity index (χ1) is 8.65. The number of ether oxygens (including phenoxy) is 1. The third-order valence-electron chi connectivity index (χ3n) is 3.58. The Hall–Kier alpha value is -1.14. The minimum Gasteiger partial charge on any atom is -0.481 e. The van der Waals surface area contributed by atoms with Crippen LogP contribution in [0.1, 0.15) is 25.7 Å². The zero-order valence-electron chi connectivity index (χ0n) is 10.4. The Labute approximate surface area is 106 Å². The monoisotopic (exact) mass is 256 g/mol. The average Bonchev–Trinajstić information content (AvgIpc) is 2.78. The first kappa shape index (κ1) is 13.3. The van der Waals surface area contributed by atoms with Crippen LogP contribution in [0.2, 0.25) is 0 Å². The lowest BCUT2D eigenvalue weighted by molar-refractivity contribution is -0.141. The Balaban J connectivity index is 1.69. The lowest BCUT2D eigenvalue weighted by Gasteiger charge is -2.24. The van der Waals surface area contributed by atoms with Gasteiger partial charge in [-0.25, -0.2) is 0 Å². The number of hydrogen-bond acceptors (Lipinski definition) is 4. The van der Waals surface area contributed by atoms with Crippen molar-refractivity contribution in [2.24, 2.45) is 5.92 Å². The second kappa shape index (κ2) is 6.15. The van der Waals surface area contributed by atoms with E-state index in [-0.39, 0.29) is 23.9 Å². The van der Waals surface area contributed by atoms with Crippen molar-refractivity contribution in [1.82, 2.24) is 10.6 Å². The summed E-state index contributed by atoms with van der Waals surface area (Å²) < 4.78 is 5.28. The van der Waals surface area contributed by atoms with Crippen LogP contribution in [0.3, 0.4) is 0 Å². The molecule has 2 rings (SSSR count). The van der Waals surface area contributed by atoms with Crippen LogP contribution in [0.25, 0.3) is 0 Å². The van der Waals surface area contributed by atoms with Gasteiger partial charge in [0.05, 0.1) is 19.1 Å². The smallest absolute Gasteiger partial charge is 0.306 e. The van der Waals surface area contributed by atoms with E-state index in [1.54, 1.807) is 0 Å². The Morgan fingerprint density at radius 3 is 2.83 bits per heavy atom. The maximum atomic E-state index is 11.8. The molecule has 1 aliphatic heterocycles. The highest BCUT2D eigenvalue weighted by Gasteiger charge is 2.30. The van der Waals surface area contributed by atoms with Crippen LogP contribution < -0.4 is 10.6 Å². The van der Waals surface area contributed by atoms with Crippen LogP contribution in [0.5, 0.6) is 0 Å². The highest BCUT2D eigenvalue weighted by Crippen LogP contribution is 2.25. The quantitative estimate of drug-likeness (QED) is 0.644. The first-order valence-electron chi connectivity index (χ1n) is 6.48. The Kier molecular flexibility index (Phi) is 4.54. The van der Waals surface area contributed by atoms with Gasteiger partial charge in [0.2, 0.25) is 5.91 Å². The highest BCUT2D eigenvalue weighted by molar-refractivity contribution is 5.77. The molecule has 0 spiro atoms. The van der Waals surface area contributed by atoms with Gasteiger partial charge >= 0.3 is 5.97 Å². The predicted octanol–water partition coefficient (Wildman–Crippen LogP) is -0.266. The van der Waals surface area contributed by atoms with Gasteiger partial charge in [0.25, 0.3) is 0 Å². The molecule has 2 aliphatic rings. The summed E-state index contributed by atoms with van der Waals surface area (Å²) in [5, 5.41) is 15.0. The van der Waals surface area contributed by atoms with Gasteiger partial charge in [-0.05, 0) is 19.3 Å². The summed E-state index contributed by atoms with van der Waals surface area (Å²) in [7, 11) is 0. The van der Waals surface area contributed by atoms with Crippen LogP contribution >= 0.6 is 0 Å². The number of carbonyl (C=O) groups is 2. The molecule has 0 aromatic heterocycles. The number of nitrogens with one attached hydrogen (secondary N) is 2. The fourth-order valence-corrected chi connectivity index (χ4v) is 2.60. The Morgan fingerprint density at radius 1 is 1.39 bits per heavy atom. The lowest BCUT2D eigenvalue weighted by Crippen LogP contribution is -2.45. The minimum atomic E-state index is -0.755. The summed E-state index contributed by atoms with van der Waals surface area (Å²) in [6.45, 7) is 2.04. The molecule has 3 N–H and O–H groups in total. The Morgan fingerprint density at radius 2 is 2.22 bits per heavy atom. The van der Waals surface area contributed by atoms with E-state index in [0.717, 1.165) is 13.0 Å². The van der Waals surface area contributed by atoms with E-state index < -0.39 is 5.97 Å². The Bertz CT molecular complexity index is 315. The van der Waals surface area contributed by atoms with Gasteiger partial charge in [-0.3, -0.25) is 9.59 Å². The number of aliphatic carboxylic acids is 1. The summed E-state index contributed by atoms with van der Waals surface area (Å²) in [5.74, 6) is -1.07. The molecule has 6 heteroatoms. The maximum absolute atomic E-state index is 11.8. The van der Waals surface area contributed by atoms with Crippen LogP contribution in [0, 0.1) is 5.92 Å². The normalized spacial score (nSPS) is 32.1. The molecule has 1 saturated carbocycles. The summed E-state index contributed by atoms with van der Waals surface area (Å²) >= 11 is 0. The molecule has 6 nitrogen and oxygen atoms in total. The number of carbonyl (C=O) groups excluding carboxylic acids is 1. The minimum absolute atomic E-state index is 0.0168. The third kappa shape index (κ3) is 3.68. The first-order valence-corrected chi connectivity index (χ1v) is 6.48. The van der Waals surface area contributed by atoms with Crippen molar-refractivity contribution in [3.8, 4) is 0 Å². The van der Waals surface area contributed by atoms with Gasteiger partial charge in [0, 0.05) is 25.0 Å². The number of rotatable bonds is 4. The van der Waals surface area contributed by atoms with Gasteiger partial charge in [0.15, 0.2) is 0 Å². The second-order valence-corrected chi connectivity index (χ2v) is 5.04. The van der Waals surface area contributed by atoms with Crippen molar-refractivity contribution in [2.75, 3.05) is 19.8 Å². The number of amides is 1. The van der Waals surface area contributed by atoms with Crippen LogP contribution in [0.4, 0.5) is 0 Å². The number of morpholine rings is 1. The van der Waals surface area contributed by atoms with Gasteiger partial charge in [-0.1, -0.05) is 0 Å². The van der Waals surface area contributed by atoms with E-state index >= 15 is 0 Å². The average molecular weight is 256 g/mol. The van der Waals surface area contributed by atoms with Crippen molar-refractivity contribution < 1.29 is 19.4 Å². The molecular weight excluding hydrogens is 236 g/mol. The van der Waals surface area contributed by atoms with E-state index in [4.69, 9.17) is 9.84 Å². The third-order valence-corrected chi connectivity index (χ3v) is 3.58. The molecule has 0 radical (unpaired) electrons. The fraction of sp³-hybridized carbons (Fsp3) is 0.833. The van der Waals surface area contributed by atoms with Gasteiger partial charge in [-0.15, -0.1) is 0 Å². The molecule has 3 atom stereocenters. The fourth-order valence-electron chi connectivity index (χ4n) is 2.60. The molecule has 3 unspecified atom stereocenters. The maximum Gasteiger partial charge on any atom is 0.306 e. The van der Waals surface area contributed by atoms with Crippen LogP contribution in [0.15, 0.2) is 0 Å². The van der Waals surface area contributed by atoms with E-state index in [0.29, 0.717) is 32.5 Å². The lowest BCUT2D eigenvalue weighted by atomic mass is 10.1. The SMILES string of the molecule is O=C(CC1COCCN1)NC1CCC(C(=O)O)C1. The molecule has 18 heavy (non-hydrogen) atoms. The number of carboxylic acids is 1. The molecule has 0 bridgehead atoms. The summed E-state index contributed by atoms with van der Waals surface area (Å²) in [4.78, 5) is 22.6. The van der Waals surface area contributed by atoms with E-state index in [9.17, 15) is 9.59 Å². The van der Waals surface area contributed by atoms with Gasteiger partial charge in [0.1, 0.15) is 0 Å². The van der Waals surface area contributed by atoms with Gasteiger partial charge in [-0.2, -0.15) is 0 Å². The van der Waals surface area contributed by atoms with Crippen LogP contribution in [-0.2, 0) is 14.3 Å². The van der Waals surface area contributed by atoms with Gasteiger partial charge < -0.3 is 20.5 Å². The standard InChI is InChI=1S/C12H20N2O4/c15-11(6-10-7-18-4-3-13-10)14-9-2-1-8(5-9)12(16)17/h8-10,13H,1-7H2,(H,14,15)(H,16,17). The molecular formula is C12H20N2O4. The molecule has 0 aromatic carbocycles. The van der Waals surface area contributed by atoms with Crippen molar-refractivity contribution in [3.63, 3.8) is 0 Å². The van der Waals surface area contributed by atoms with E-state index in [1.807, 2.05) is 0 Å². The van der Waals surface area contributed by atoms with Crippen molar-refractivity contribution in [3.05, 3.63) is 0 Å². The summed E-state index contributed by atoms with van der Waals surface area (Å²) in [5.41, 5.74) is 0. The van der Waals surface area contributed by atoms with Crippen molar-refractivity contribution in [2.45, 2.75) is 37.8 Å². The zero-order valence-corrected chi connectivity index (χ0v) is 10.4. The van der Waals surface area contributed by atoms with E-state index in [2.05, 4.69) is 10.6 Å². The summed E-state index contributed by atoms with van der Waals surface area (Å²) in [6, 6.07) is 0.0959. The molecule has 2 fully saturated rings. The molecule has 1 aliphatic carbocycles. The second-order valence-electron chi connectivity index (χ2n) is 5.04. The van der Waals surface area contributed by atoms with Crippen molar-refractivity contribution in [1.29, 1.82) is 0 Å². The topological polar surface area (TPSA) is 87.7 Å². The predicted molar refractivity (Wildman–Crippen MR) is 64.1 cm³/mol. The highest BCUT2D eigenvalue weighted by atomic mass is 16.5. The molecule has 1 heterocycles. The number of carboxylic acid groups (broad SMARTS) is 1. The molecule has 1 saturated heterocycles. The molecule has 1 amide bonds. The van der Waals surface area contributed by atoms with Crippen LogP contribution in [-0.4, -0.2) is 48.8 Å².